The summed E-state index contributed by atoms with van der Waals surface area (Å²) in [7, 11) is 0. The van der Waals surface area contributed by atoms with E-state index in [0.29, 0.717) is 16.4 Å². The standard InChI is InChI=1S/C9H12N6OS/c1-4(2)6-7(17-15-13-6)8(16)11-9-10-5(3)12-14-9/h4H,1-3H3,(H2,10,11,12,14,16). The van der Waals surface area contributed by atoms with Gasteiger partial charge in [-0.25, -0.2) is 0 Å². The van der Waals surface area contributed by atoms with Gasteiger partial charge in [0.1, 0.15) is 10.7 Å². The van der Waals surface area contributed by atoms with Crippen LogP contribution in [0.2, 0.25) is 0 Å². The molecule has 0 saturated heterocycles. The van der Waals surface area contributed by atoms with E-state index in [4.69, 9.17) is 0 Å². The van der Waals surface area contributed by atoms with Crippen LogP contribution in [0, 0.1) is 6.92 Å². The minimum atomic E-state index is -0.275. The molecule has 17 heavy (non-hydrogen) atoms. The van der Waals surface area contributed by atoms with Gasteiger partial charge in [-0.15, -0.1) is 10.2 Å². The second kappa shape index (κ2) is 4.58. The quantitative estimate of drug-likeness (QED) is 0.859. The maximum absolute atomic E-state index is 11.9. The van der Waals surface area contributed by atoms with E-state index in [2.05, 4.69) is 30.1 Å². The summed E-state index contributed by atoms with van der Waals surface area (Å²) in [4.78, 5) is 16.4. The summed E-state index contributed by atoms with van der Waals surface area (Å²) in [6.45, 7) is 5.69. The zero-order chi connectivity index (χ0) is 12.4. The average Bonchev–Trinajstić information content (AvgIpc) is 2.86. The summed E-state index contributed by atoms with van der Waals surface area (Å²) in [5.74, 6) is 0.786. The van der Waals surface area contributed by atoms with Crippen LogP contribution in [0.15, 0.2) is 0 Å². The van der Waals surface area contributed by atoms with Crippen molar-refractivity contribution in [3.63, 3.8) is 0 Å². The molecular formula is C9H12N6OS. The van der Waals surface area contributed by atoms with Gasteiger partial charge in [0.15, 0.2) is 0 Å². The molecule has 2 aromatic heterocycles. The van der Waals surface area contributed by atoms with Gasteiger partial charge in [0.05, 0.1) is 5.69 Å². The molecule has 7 nitrogen and oxygen atoms in total. The van der Waals surface area contributed by atoms with Crippen molar-refractivity contribution in [3.8, 4) is 0 Å². The molecule has 0 saturated carbocycles. The van der Waals surface area contributed by atoms with E-state index in [9.17, 15) is 4.79 Å². The molecule has 0 aliphatic heterocycles. The van der Waals surface area contributed by atoms with E-state index >= 15 is 0 Å². The molecule has 0 aliphatic carbocycles. The second-order valence-corrected chi connectivity index (χ2v) is 4.59. The number of rotatable bonds is 3. The molecular weight excluding hydrogens is 240 g/mol. The Hall–Kier alpha value is -1.83. The summed E-state index contributed by atoms with van der Waals surface area (Å²) >= 11 is 1.07. The molecule has 0 bridgehead atoms. The van der Waals surface area contributed by atoms with Gasteiger partial charge in [-0.2, -0.15) is 4.98 Å². The van der Waals surface area contributed by atoms with Crippen LogP contribution in [0.1, 0.15) is 41.0 Å². The number of H-pyrrole nitrogens is 1. The lowest BCUT2D eigenvalue weighted by Gasteiger charge is -2.02. The number of carbonyl (C=O) groups excluding carboxylic acids is 1. The number of aromatic nitrogens is 5. The van der Waals surface area contributed by atoms with Crippen molar-refractivity contribution in [3.05, 3.63) is 16.4 Å². The van der Waals surface area contributed by atoms with Crippen LogP contribution in [0.3, 0.4) is 0 Å². The van der Waals surface area contributed by atoms with E-state index in [-0.39, 0.29) is 17.8 Å². The topological polar surface area (TPSA) is 96.5 Å². The van der Waals surface area contributed by atoms with Crippen LogP contribution in [0.4, 0.5) is 5.95 Å². The van der Waals surface area contributed by atoms with E-state index in [1.54, 1.807) is 6.92 Å². The van der Waals surface area contributed by atoms with Gasteiger partial charge in [-0.05, 0) is 24.4 Å². The highest BCUT2D eigenvalue weighted by molar-refractivity contribution is 7.08. The third-order valence-electron chi connectivity index (χ3n) is 2.09. The SMILES string of the molecule is Cc1nc(NC(=O)c2snnc2C(C)C)n[nH]1. The Bertz CT molecular complexity index is 531. The van der Waals surface area contributed by atoms with E-state index in [1.807, 2.05) is 13.8 Å². The first-order valence-electron chi connectivity index (χ1n) is 5.10. The number of amides is 1. The number of anilines is 1. The monoisotopic (exact) mass is 252 g/mol. The molecule has 0 unspecified atom stereocenters. The van der Waals surface area contributed by atoms with Crippen LogP contribution in [-0.2, 0) is 0 Å². The summed E-state index contributed by atoms with van der Waals surface area (Å²) in [6, 6.07) is 0. The van der Waals surface area contributed by atoms with Gasteiger partial charge < -0.3 is 0 Å². The van der Waals surface area contributed by atoms with Crippen LogP contribution < -0.4 is 5.32 Å². The number of aromatic amines is 1. The van der Waals surface area contributed by atoms with E-state index in [0.717, 1.165) is 11.5 Å². The fourth-order valence-electron chi connectivity index (χ4n) is 1.29. The molecule has 2 heterocycles. The molecule has 0 atom stereocenters. The molecule has 2 aromatic rings. The molecule has 1 amide bonds. The molecule has 0 fully saturated rings. The third kappa shape index (κ3) is 2.47. The highest BCUT2D eigenvalue weighted by Gasteiger charge is 2.19. The minimum absolute atomic E-state index is 0.156. The van der Waals surface area contributed by atoms with Crippen molar-refractivity contribution in [2.45, 2.75) is 26.7 Å². The van der Waals surface area contributed by atoms with Gasteiger partial charge in [-0.1, -0.05) is 18.3 Å². The first-order valence-corrected chi connectivity index (χ1v) is 5.88. The first-order chi connectivity index (χ1) is 8.08. The number of carbonyl (C=O) groups is 1. The number of aryl methyl sites for hydroxylation is 1. The number of nitrogens with one attached hydrogen (secondary N) is 2. The van der Waals surface area contributed by atoms with Gasteiger partial charge in [-0.3, -0.25) is 15.2 Å². The largest absolute Gasteiger partial charge is 0.288 e. The van der Waals surface area contributed by atoms with Gasteiger partial charge in [0.2, 0.25) is 5.95 Å². The van der Waals surface area contributed by atoms with Crippen LogP contribution in [0.25, 0.3) is 0 Å². The molecule has 8 heteroatoms. The summed E-state index contributed by atoms with van der Waals surface area (Å²) in [5.41, 5.74) is 0.694. The van der Waals surface area contributed by atoms with Crippen molar-refractivity contribution in [1.82, 2.24) is 24.8 Å². The molecule has 2 N–H and O–H groups in total. The van der Waals surface area contributed by atoms with E-state index < -0.39 is 0 Å². The van der Waals surface area contributed by atoms with Gasteiger partial charge >= 0.3 is 0 Å². The summed E-state index contributed by atoms with van der Waals surface area (Å²) in [6.07, 6.45) is 0. The smallest absolute Gasteiger partial charge is 0.271 e. The molecule has 90 valence electrons. The zero-order valence-electron chi connectivity index (χ0n) is 9.68. The Kier molecular flexibility index (Phi) is 3.14. The first kappa shape index (κ1) is 11.6. The lowest BCUT2D eigenvalue weighted by Crippen LogP contribution is -2.14. The molecule has 2 rings (SSSR count). The number of hydrogen-bond acceptors (Lipinski definition) is 6. The maximum atomic E-state index is 11.9. The number of hydrogen-bond donors (Lipinski definition) is 2. The van der Waals surface area contributed by atoms with Crippen LogP contribution in [0.5, 0.6) is 0 Å². The molecule has 0 aromatic carbocycles. The Labute approximate surface area is 102 Å². The summed E-state index contributed by atoms with van der Waals surface area (Å²) in [5, 5.41) is 13.0. The van der Waals surface area contributed by atoms with Crippen molar-refractivity contribution in [2.24, 2.45) is 0 Å². The predicted molar refractivity (Wildman–Crippen MR) is 63.1 cm³/mol. The lowest BCUT2D eigenvalue weighted by atomic mass is 10.1. The third-order valence-corrected chi connectivity index (χ3v) is 2.83. The molecule has 0 spiro atoms. The molecule has 0 aliphatic rings. The predicted octanol–water partition coefficient (Wildman–Crippen LogP) is 1.34. The average molecular weight is 252 g/mol. The highest BCUT2D eigenvalue weighted by atomic mass is 32.1. The Morgan fingerprint density at radius 2 is 2.24 bits per heavy atom. The van der Waals surface area contributed by atoms with Crippen molar-refractivity contribution in [2.75, 3.05) is 5.32 Å². The lowest BCUT2D eigenvalue weighted by molar-refractivity contribution is 0.102. The normalized spacial score (nSPS) is 10.8. The summed E-state index contributed by atoms with van der Waals surface area (Å²) < 4.78 is 3.79. The fraction of sp³-hybridized carbons (Fsp3) is 0.444. The van der Waals surface area contributed by atoms with Crippen molar-refractivity contribution < 1.29 is 4.79 Å². The van der Waals surface area contributed by atoms with Crippen molar-refractivity contribution in [1.29, 1.82) is 0 Å². The van der Waals surface area contributed by atoms with E-state index in [1.165, 1.54) is 0 Å². The fourth-order valence-corrected chi connectivity index (χ4v) is 2.00. The van der Waals surface area contributed by atoms with Gasteiger partial charge in [0, 0.05) is 0 Å². The van der Waals surface area contributed by atoms with Gasteiger partial charge in [0.25, 0.3) is 5.91 Å². The Morgan fingerprint density at radius 1 is 1.47 bits per heavy atom. The second-order valence-electron chi connectivity index (χ2n) is 3.84. The molecule has 0 radical (unpaired) electrons. The minimum Gasteiger partial charge on any atom is -0.288 e. The van der Waals surface area contributed by atoms with Crippen LogP contribution in [-0.4, -0.2) is 30.7 Å². The highest BCUT2D eigenvalue weighted by Crippen LogP contribution is 2.20. The van der Waals surface area contributed by atoms with Crippen LogP contribution >= 0.6 is 11.5 Å². The van der Waals surface area contributed by atoms with Crippen molar-refractivity contribution >= 4 is 23.4 Å². The maximum Gasteiger partial charge on any atom is 0.271 e. The Morgan fingerprint density at radius 3 is 2.82 bits per heavy atom. The number of nitrogens with zero attached hydrogens (tertiary/aromatic N) is 4. The zero-order valence-corrected chi connectivity index (χ0v) is 10.5. The Balaban J connectivity index is 2.17.